The van der Waals surface area contributed by atoms with Crippen LogP contribution in [-0.4, -0.2) is 19.6 Å². The van der Waals surface area contributed by atoms with E-state index in [0.717, 1.165) is 0 Å². The molecule has 34 valence electrons. The first-order valence-electron chi connectivity index (χ1n) is 1.82. The van der Waals surface area contributed by atoms with Gasteiger partial charge >= 0.3 is 0 Å². The van der Waals surface area contributed by atoms with Crippen LogP contribution in [0.2, 0.25) is 0 Å². The number of nitrogens with one attached hydrogen (secondary N) is 1. The summed E-state index contributed by atoms with van der Waals surface area (Å²) in [4.78, 5) is 0. The lowest BCUT2D eigenvalue weighted by Gasteiger charge is -2.03. The first kappa shape index (κ1) is 3.61. The van der Waals surface area contributed by atoms with Crippen LogP contribution in [0.1, 0.15) is 0 Å². The first-order chi connectivity index (χ1) is 3.00. The van der Waals surface area contributed by atoms with E-state index in [0.29, 0.717) is 13.3 Å². The quantitative estimate of drug-likeness (QED) is 0.433. The van der Waals surface area contributed by atoms with E-state index in [2.05, 4.69) is 10.5 Å². The van der Waals surface area contributed by atoms with Crippen LogP contribution in [0, 0.1) is 0 Å². The second-order valence-electron chi connectivity index (χ2n) is 0.985. The van der Waals surface area contributed by atoms with Gasteiger partial charge in [0.15, 0.2) is 0 Å². The Kier molecular flexibility index (Phi) is 1.06. The molecule has 0 aliphatic carbocycles. The van der Waals surface area contributed by atoms with Crippen LogP contribution in [-0.2, 0) is 4.74 Å². The number of rotatable bonds is 0. The third kappa shape index (κ3) is 0.687. The summed E-state index contributed by atoms with van der Waals surface area (Å²) in [7, 11) is 0. The predicted octanol–water partition coefficient (Wildman–Crippen LogP) is -0.451. The molecule has 0 aromatic carbocycles. The molecule has 1 aliphatic rings. The van der Waals surface area contributed by atoms with Crippen molar-refractivity contribution < 1.29 is 4.74 Å². The fourth-order valence-electron chi connectivity index (χ4n) is 0.296. The fourth-order valence-corrected chi connectivity index (χ4v) is 0.296. The maximum atomic E-state index is 4.81. The van der Waals surface area contributed by atoms with Crippen LogP contribution in [0.5, 0.6) is 0 Å². The lowest BCUT2D eigenvalue weighted by molar-refractivity contribution is 0.143. The van der Waals surface area contributed by atoms with Gasteiger partial charge in [0.05, 0.1) is 12.8 Å². The number of hydrogen-bond donors (Lipinski definition) is 1. The van der Waals surface area contributed by atoms with Crippen molar-refractivity contribution in [1.82, 2.24) is 5.43 Å². The van der Waals surface area contributed by atoms with Gasteiger partial charge in [-0.05, 0) is 0 Å². The van der Waals surface area contributed by atoms with Gasteiger partial charge in [0.2, 0.25) is 0 Å². The van der Waals surface area contributed by atoms with Crippen molar-refractivity contribution in [2.45, 2.75) is 0 Å². The third-order valence-electron chi connectivity index (χ3n) is 0.542. The summed E-state index contributed by atoms with van der Waals surface area (Å²) in [6.45, 7) is 1.20. The Labute approximate surface area is 36.0 Å². The van der Waals surface area contributed by atoms with Crippen LogP contribution < -0.4 is 5.43 Å². The molecule has 3 nitrogen and oxygen atoms in total. The zero-order valence-electron chi connectivity index (χ0n) is 3.35. The average molecular weight is 86.1 g/mol. The highest BCUT2D eigenvalue weighted by Crippen LogP contribution is 1.72. The number of nitrogens with zero attached hydrogens (tertiary/aromatic N) is 1. The SMILES string of the molecule is C1=NNCOC1. The Hall–Kier alpha value is -0.570. The first-order valence-corrected chi connectivity index (χ1v) is 1.82. The van der Waals surface area contributed by atoms with Crippen molar-refractivity contribution in [3.63, 3.8) is 0 Å². The summed E-state index contributed by atoms with van der Waals surface area (Å²) in [5.74, 6) is 0. The minimum atomic E-state index is 0.552. The topological polar surface area (TPSA) is 33.6 Å². The van der Waals surface area contributed by atoms with E-state index in [-0.39, 0.29) is 0 Å². The van der Waals surface area contributed by atoms with Gasteiger partial charge in [0.25, 0.3) is 0 Å². The predicted molar refractivity (Wildman–Crippen MR) is 22.4 cm³/mol. The second-order valence-corrected chi connectivity index (χ2v) is 0.985. The van der Waals surface area contributed by atoms with Gasteiger partial charge in [-0.25, -0.2) is 0 Å². The van der Waals surface area contributed by atoms with E-state index in [1.54, 1.807) is 6.21 Å². The molecule has 0 radical (unpaired) electrons. The van der Waals surface area contributed by atoms with E-state index in [4.69, 9.17) is 4.74 Å². The van der Waals surface area contributed by atoms with Gasteiger partial charge < -0.3 is 4.74 Å². The van der Waals surface area contributed by atoms with Gasteiger partial charge in [-0.1, -0.05) is 0 Å². The summed E-state index contributed by atoms with van der Waals surface area (Å²) in [6, 6.07) is 0. The lowest BCUT2D eigenvalue weighted by Crippen LogP contribution is -2.18. The standard InChI is InChI=1S/C3H6N2O/c1-2-6-3-5-4-1/h1,5H,2-3H2. The van der Waals surface area contributed by atoms with Gasteiger partial charge in [-0.15, -0.1) is 0 Å². The molecule has 1 heterocycles. The van der Waals surface area contributed by atoms with Crippen molar-refractivity contribution in [3.8, 4) is 0 Å². The maximum absolute atomic E-state index is 4.81. The normalized spacial score (nSPS) is 20.0. The summed E-state index contributed by atoms with van der Waals surface area (Å²) >= 11 is 0. The second kappa shape index (κ2) is 1.77. The highest BCUT2D eigenvalue weighted by Gasteiger charge is 1.84. The molecule has 0 unspecified atom stereocenters. The number of ether oxygens (including phenoxy) is 1. The van der Waals surface area contributed by atoms with Crippen LogP contribution in [0.25, 0.3) is 0 Å². The fraction of sp³-hybridized carbons (Fsp3) is 0.667. The van der Waals surface area contributed by atoms with Gasteiger partial charge in [-0.3, -0.25) is 5.43 Å². The molecule has 1 N–H and O–H groups in total. The molecule has 0 aromatic rings. The van der Waals surface area contributed by atoms with Crippen molar-refractivity contribution in [2.24, 2.45) is 5.10 Å². The van der Waals surface area contributed by atoms with Crippen LogP contribution in [0.4, 0.5) is 0 Å². The van der Waals surface area contributed by atoms with Gasteiger partial charge in [-0.2, -0.15) is 5.10 Å². The summed E-state index contributed by atoms with van der Waals surface area (Å²) < 4.78 is 4.81. The summed E-state index contributed by atoms with van der Waals surface area (Å²) in [5, 5.41) is 3.68. The molecular weight excluding hydrogens is 80.0 g/mol. The molecule has 1 aliphatic heterocycles. The molecule has 0 saturated carbocycles. The molecule has 0 aromatic heterocycles. The third-order valence-corrected chi connectivity index (χ3v) is 0.542. The minimum absolute atomic E-state index is 0.552. The number of hydrogen-bond acceptors (Lipinski definition) is 3. The van der Waals surface area contributed by atoms with Crippen LogP contribution in [0.15, 0.2) is 5.10 Å². The molecule has 1 rings (SSSR count). The van der Waals surface area contributed by atoms with Crippen molar-refractivity contribution in [2.75, 3.05) is 13.3 Å². The molecular formula is C3H6N2O. The highest BCUT2D eigenvalue weighted by molar-refractivity contribution is 5.58. The molecule has 6 heavy (non-hydrogen) atoms. The van der Waals surface area contributed by atoms with E-state index in [1.165, 1.54) is 0 Å². The van der Waals surface area contributed by atoms with E-state index >= 15 is 0 Å². The molecule has 0 atom stereocenters. The average Bonchev–Trinajstić information content (AvgIpc) is 1.72. The monoisotopic (exact) mass is 86.0 g/mol. The van der Waals surface area contributed by atoms with E-state index in [1.807, 2.05) is 0 Å². The Bertz CT molecular complexity index is 53.8. The smallest absolute Gasteiger partial charge is 0.132 e. The Balaban J connectivity index is 2.26. The summed E-state index contributed by atoms with van der Waals surface area (Å²) in [6.07, 6.45) is 1.68. The van der Waals surface area contributed by atoms with Crippen LogP contribution in [0.3, 0.4) is 0 Å². The Morgan fingerprint density at radius 2 is 2.83 bits per heavy atom. The van der Waals surface area contributed by atoms with Gasteiger partial charge in [0.1, 0.15) is 6.73 Å². The number of hydrazone groups is 1. The van der Waals surface area contributed by atoms with Gasteiger partial charge in [0, 0.05) is 0 Å². The molecule has 0 bridgehead atoms. The summed E-state index contributed by atoms with van der Waals surface area (Å²) in [5.41, 5.74) is 2.63. The van der Waals surface area contributed by atoms with Crippen molar-refractivity contribution in [1.29, 1.82) is 0 Å². The minimum Gasteiger partial charge on any atom is -0.354 e. The van der Waals surface area contributed by atoms with Crippen molar-refractivity contribution >= 4 is 6.21 Å². The van der Waals surface area contributed by atoms with E-state index in [9.17, 15) is 0 Å². The van der Waals surface area contributed by atoms with Crippen molar-refractivity contribution in [3.05, 3.63) is 0 Å². The molecule has 0 saturated heterocycles. The zero-order valence-corrected chi connectivity index (χ0v) is 3.35. The Morgan fingerprint density at radius 1 is 1.83 bits per heavy atom. The largest absolute Gasteiger partial charge is 0.354 e. The zero-order chi connectivity index (χ0) is 4.24. The molecule has 0 spiro atoms. The highest BCUT2D eigenvalue weighted by atomic mass is 16.5. The van der Waals surface area contributed by atoms with E-state index < -0.39 is 0 Å². The molecule has 0 fully saturated rings. The maximum Gasteiger partial charge on any atom is 0.132 e. The molecule has 3 heteroatoms. The Morgan fingerprint density at radius 3 is 3.00 bits per heavy atom. The molecule has 0 amide bonds. The lowest BCUT2D eigenvalue weighted by atomic mass is 10.8. The van der Waals surface area contributed by atoms with Crippen LogP contribution >= 0.6 is 0 Å².